The fraction of sp³-hybridized carbons (Fsp3) is 0.235. The predicted molar refractivity (Wildman–Crippen MR) is 101 cm³/mol. The summed E-state index contributed by atoms with van der Waals surface area (Å²) in [7, 11) is 1.52. The number of amides is 1. The zero-order valence-corrected chi connectivity index (χ0v) is 15.1. The van der Waals surface area contributed by atoms with E-state index in [0.29, 0.717) is 34.6 Å². The number of hydrogen-bond donors (Lipinski definition) is 2. The third-order valence-corrected chi connectivity index (χ3v) is 3.96. The number of carbonyl (C=O) groups excluding carboxylic acids is 1. The number of hydrogen-bond acceptors (Lipinski definition) is 4. The number of pyridine rings is 1. The van der Waals surface area contributed by atoms with Crippen LogP contribution < -0.4 is 15.8 Å². The van der Waals surface area contributed by atoms with Crippen molar-refractivity contribution < 1.29 is 9.53 Å². The molecule has 1 aromatic carbocycles. The van der Waals surface area contributed by atoms with Gasteiger partial charge in [-0.25, -0.2) is 9.98 Å². The summed E-state index contributed by atoms with van der Waals surface area (Å²) in [6, 6.07) is 10.4. The van der Waals surface area contributed by atoms with Gasteiger partial charge in [0.2, 0.25) is 5.88 Å². The number of anilines is 1. The highest BCUT2D eigenvalue weighted by Gasteiger charge is 2.06. The fourth-order valence-electron chi connectivity index (χ4n) is 2.02. The van der Waals surface area contributed by atoms with Crippen LogP contribution in [0, 0.1) is 0 Å². The maximum Gasteiger partial charge on any atom is 0.253 e. The number of amidine groups is 1. The summed E-state index contributed by atoms with van der Waals surface area (Å²) in [4.78, 5) is 20.0. The van der Waals surface area contributed by atoms with Crippen LogP contribution in [-0.4, -0.2) is 30.4 Å². The van der Waals surface area contributed by atoms with Gasteiger partial charge in [-0.3, -0.25) is 4.79 Å². The summed E-state index contributed by atoms with van der Waals surface area (Å²) in [6.07, 6.45) is 0.482. The first kappa shape index (κ1) is 19.0. The standard InChI is InChI=1S/C17H18Cl2N4O2/c1-25-17-4-2-3-12(22-17)10-16(24)23-15(20)7-8-21-11-5-6-13(18)14(19)9-11/h2-6,9,21H,7-8,10H2,1H3,(H2,20,23,24). The Hall–Kier alpha value is -2.31. The Morgan fingerprint density at radius 1 is 1.28 bits per heavy atom. The van der Waals surface area contributed by atoms with E-state index >= 15 is 0 Å². The van der Waals surface area contributed by atoms with E-state index in [1.807, 2.05) is 0 Å². The molecule has 2 rings (SSSR count). The summed E-state index contributed by atoms with van der Waals surface area (Å²) in [5.41, 5.74) is 7.19. The number of ether oxygens (including phenoxy) is 1. The Labute approximate surface area is 156 Å². The van der Waals surface area contributed by atoms with Gasteiger partial charge in [-0.05, 0) is 24.3 Å². The number of aliphatic imine (C=N–C) groups is 1. The lowest BCUT2D eigenvalue weighted by atomic mass is 10.2. The summed E-state index contributed by atoms with van der Waals surface area (Å²) in [5.74, 6) is 0.348. The van der Waals surface area contributed by atoms with E-state index in [9.17, 15) is 4.79 Å². The highest BCUT2D eigenvalue weighted by molar-refractivity contribution is 6.42. The van der Waals surface area contributed by atoms with Crippen molar-refractivity contribution in [3.05, 3.63) is 52.1 Å². The first-order chi connectivity index (χ1) is 12.0. The highest BCUT2D eigenvalue weighted by Crippen LogP contribution is 2.24. The molecule has 0 aliphatic rings. The van der Waals surface area contributed by atoms with Crippen LogP contribution >= 0.6 is 23.2 Å². The van der Waals surface area contributed by atoms with Gasteiger partial charge in [0.05, 0.1) is 29.3 Å². The molecule has 0 saturated carbocycles. The molecule has 0 spiro atoms. The third kappa shape index (κ3) is 6.25. The van der Waals surface area contributed by atoms with E-state index in [4.69, 9.17) is 33.7 Å². The molecule has 132 valence electrons. The minimum absolute atomic E-state index is 0.0676. The lowest BCUT2D eigenvalue weighted by molar-refractivity contribution is -0.117. The second-order valence-corrected chi connectivity index (χ2v) is 5.97. The Morgan fingerprint density at radius 2 is 2.08 bits per heavy atom. The molecule has 0 atom stereocenters. The van der Waals surface area contributed by atoms with E-state index in [0.717, 1.165) is 5.69 Å². The van der Waals surface area contributed by atoms with Gasteiger partial charge < -0.3 is 15.8 Å². The molecular weight excluding hydrogens is 363 g/mol. The van der Waals surface area contributed by atoms with Crippen molar-refractivity contribution in [1.29, 1.82) is 0 Å². The molecule has 0 aliphatic heterocycles. The molecule has 0 bridgehead atoms. The zero-order chi connectivity index (χ0) is 18.2. The number of nitrogens with one attached hydrogen (secondary N) is 1. The van der Waals surface area contributed by atoms with E-state index in [-0.39, 0.29) is 18.2 Å². The van der Waals surface area contributed by atoms with Crippen molar-refractivity contribution in [3.8, 4) is 5.88 Å². The second kappa shape index (κ2) is 9.25. The molecule has 0 radical (unpaired) electrons. The van der Waals surface area contributed by atoms with Gasteiger partial charge >= 0.3 is 0 Å². The van der Waals surface area contributed by atoms with Crippen molar-refractivity contribution in [2.24, 2.45) is 10.7 Å². The molecule has 1 heterocycles. The van der Waals surface area contributed by atoms with Crippen molar-refractivity contribution in [2.75, 3.05) is 19.0 Å². The minimum atomic E-state index is -0.354. The first-order valence-corrected chi connectivity index (χ1v) is 8.28. The Bertz CT molecular complexity index is 781. The first-order valence-electron chi connectivity index (χ1n) is 7.52. The van der Waals surface area contributed by atoms with Crippen LogP contribution in [0.3, 0.4) is 0 Å². The largest absolute Gasteiger partial charge is 0.481 e. The van der Waals surface area contributed by atoms with Crippen LogP contribution in [0.2, 0.25) is 10.0 Å². The quantitative estimate of drug-likeness (QED) is 0.567. The summed E-state index contributed by atoms with van der Waals surface area (Å²) in [5, 5.41) is 4.10. The maximum absolute atomic E-state index is 11.9. The van der Waals surface area contributed by atoms with Gasteiger partial charge in [0.15, 0.2) is 0 Å². The molecule has 0 saturated heterocycles. The van der Waals surface area contributed by atoms with Crippen molar-refractivity contribution in [1.82, 2.24) is 4.98 Å². The van der Waals surface area contributed by atoms with Crippen LogP contribution in [0.25, 0.3) is 0 Å². The molecule has 3 N–H and O–H groups in total. The predicted octanol–water partition coefficient (Wildman–Crippen LogP) is 3.33. The van der Waals surface area contributed by atoms with E-state index < -0.39 is 0 Å². The van der Waals surface area contributed by atoms with Gasteiger partial charge in [-0.15, -0.1) is 0 Å². The van der Waals surface area contributed by atoms with E-state index in [1.165, 1.54) is 7.11 Å². The van der Waals surface area contributed by atoms with Crippen LogP contribution in [0.1, 0.15) is 12.1 Å². The van der Waals surface area contributed by atoms with Crippen LogP contribution in [0.5, 0.6) is 5.88 Å². The lowest BCUT2D eigenvalue weighted by Gasteiger charge is -2.07. The molecular formula is C17H18Cl2N4O2. The lowest BCUT2D eigenvalue weighted by Crippen LogP contribution is -2.19. The van der Waals surface area contributed by atoms with E-state index in [1.54, 1.807) is 36.4 Å². The molecule has 0 fully saturated rings. The second-order valence-electron chi connectivity index (χ2n) is 5.15. The molecule has 1 amide bonds. The molecule has 25 heavy (non-hydrogen) atoms. The number of halogens is 2. The minimum Gasteiger partial charge on any atom is -0.481 e. The number of benzene rings is 1. The normalized spacial score (nSPS) is 11.2. The van der Waals surface area contributed by atoms with Gasteiger partial charge in [-0.1, -0.05) is 29.3 Å². The SMILES string of the molecule is COc1cccc(CC(=O)N=C(N)CCNc2ccc(Cl)c(Cl)c2)n1. The van der Waals surface area contributed by atoms with Gasteiger partial charge in [0.1, 0.15) is 5.84 Å². The number of aromatic nitrogens is 1. The monoisotopic (exact) mass is 380 g/mol. The smallest absolute Gasteiger partial charge is 0.253 e. The van der Waals surface area contributed by atoms with Crippen molar-refractivity contribution in [2.45, 2.75) is 12.8 Å². The van der Waals surface area contributed by atoms with Crippen molar-refractivity contribution in [3.63, 3.8) is 0 Å². The van der Waals surface area contributed by atoms with Gasteiger partial charge in [0.25, 0.3) is 5.91 Å². The molecule has 0 aliphatic carbocycles. The Morgan fingerprint density at radius 3 is 2.80 bits per heavy atom. The van der Waals surface area contributed by atoms with Crippen LogP contribution in [0.15, 0.2) is 41.4 Å². The third-order valence-electron chi connectivity index (χ3n) is 3.22. The zero-order valence-electron chi connectivity index (χ0n) is 13.6. The number of nitrogens with two attached hydrogens (primary N) is 1. The van der Waals surface area contributed by atoms with Crippen molar-refractivity contribution >= 4 is 40.6 Å². The number of methoxy groups -OCH3 is 1. The summed E-state index contributed by atoms with van der Waals surface area (Å²) < 4.78 is 5.02. The summed E-state index contributed by atoms with van der Waals surface area (Å²) in [6.45, 7) is 0.512. The number of carbonyl (C=O) groups is 1. The maximum atomic E-state index is 11.9. The topological polar surface area (TPSA) is 89.6 Å². The Kier molecular flexibility index (Phi) is 7.03. The molecule has 0 unspecified atom stereocenters. The number of rotatable bonds is 7. The van der Waals surface area contributed by atoms with Gasteiger partial charge in [0, 0.05) is 24.7 Å². The molecule has 8 heteroatoms. The van der Waals surface area contributed by atoms with E-state index in [2.05, 4.69) is 15.3 Å². The van der Waals surface area contributed by atoms with Crippen LogP contribution in [0.4, 0.5) is 5.69 Å². The average molecular weight is 381 g/mol. The van der Waals surface area contributed by atoms with Gasteiger partial charge in [-0.2, -0.15) is 0 Å². The fourth-order valence-corrected chi connectivity index (χ4v) is 2.32. The Balaban J connectivity index is 1.83. The summed E-state index contributed by atoms with van der Waals surface area (Å²) >= 11 is 11.8. The number of nitrogens with zero attached hydrogens (tertiary/aromatic N) is 2. The average Bonchev–Trinajstić information content (AvgIpc) is 2.58. The molecule has 2 aromatic rings. The molecule has 1 aromatic heterocycles. The van der Waals surface area contributed by atoms with Crippen LogP contribution in [-0.2, 0) is 11.2 Å². The highest BCUT2D eigenvalue weighted by atomic mass is 35.5. The molecule has 6 nitrogen and oxygen atoms in total.